The van der Waals surface area contributed by atoms with Crippen molar-refractivity contribution in [3.05, 3.63) is 0 Å². The van der Waals surface area contributed by atoms with Crippen molar-refractivity contribution in [3.8, 4) is 0 Å². The molecule has 0 aliphatic carbocycles. The van der Waals surface area contributed by atoms with E-state index < -0.39 is 0 Å². The Bertz CT molecular complexity index is 196. The molecule has 0 saturated carbocycles. The van der Waals surface area contributed by atoms with Crippen LogP contribution in [0.4, 0.5) is 0 Å². The quantitative estimate of drug-likeness (QED) is 0.658. The minimum atomic E-state index is -0.0323. The molecule has 0 radical (unpaired) electrons. The fraction of sp³-hybridized carbons (Fsp3) is 0.909. The Labute approximate surface area is 81.3 Å². The molecule has 1 heterocycles. The summed E-state index contributed by atoms with van der Waals surface area (Å²) < 4.78 is 0. The van der Waals surface area contributed by atoms with E-state index in [9.17, 15) is 4.79 Å². The minimum absolute atomic E-state index is 0.0323. The van der Waals surface area contributed by atoms with Crippen LogP contribution in [-0.4, -0.2) is 23.9 Å². The molecule has 1 fully saturated rings. The molecule has 1 rings (SSSR count). The van der Waals surface area contributed by atoms with Crippen LogP contribution in [0, 0.1) is 5.41 Å². The Morgan fingerprint density at radius 3 is 2.15 bits per heavy atom. The number of amides is 1. The summed E-state index contributed by atoms with van der Waals surface area (Å²) in [6.45, 7) is 6.43. The van der Waals surface area contributed by atoms with Crippen molar-refractivity contribution in [1.82, 2.24) is 4.90 Å². The van der Waals surface area contributed by atoms with Crippen molar-refractivity contribution in [2.45, 2.75) is 52.5 Å². The summed E-state index contributed by atoms with van der Waals surface area (Å²) in [6.07, 6.45) is 4.13. The molecule has 13 heavy (non-hydrogen) atoms. The predicted octanol–water partition coefficient (Wildman–Crippen LogP) is 2.43. The third kappa shape index (κ3) is 1.47. The van der Waals surface area contributed by atoms with Gasteiger partial charge in [0, 0.05) is 13.1 Å². The predicted molar refractivity (Wildman–Crippen MR) is 54.5 cm³/mol. The lowest BCUT2D eigenvalue weighted by Crippen LogP contribution is -2.33. The third-order valence-corrected chi connectivity index (χ3v) is 3.77. The first-order chi connectivity index (χ1) is 6.11. The average Bonchev–Trinajstić information content (AvgIpc) is 2.42. The highest BCUT2D eigenvalue weighted by molar-refractivity contribution is 5.85. The second-order valence-electron chi connectivity index (χ2n) is 4.17. The van der Waals surface area contributed by atoms with E-state index in [1.807, 2.05) is 11.9 Å². The van der Waals surface area contributed by atoms with Crippen LogP contribution in [0.25, 0.3) is 0 Å². The molecule has 2 nitrogen and oxygen atoms in total. The third-order valence-electron chi connectivity index (χ3n) is 3.77. The summed E-state index contributed by atoms with van der Waals surface area (Å²) in [5.41, 5.74) is -0.0323. The lowest BCUT2D eigenvalue weighted by molar-refractivity contribution is -0.136. The fourth-order valence-corrected chi connectivity index (χ4v) is 2.47. The number of hydrogen-bond donors (Lipinski definition) is 0. The second-order valence-corrected chi connectivity index (χ2v) is 4.17. The maximum Gasteiger partial charge on any atom is 0.228 e. The smallest absolute Gasteiger partial charge is 0.228 e. The standard InChI is InChI=1S/C11H21NO/c1-5-9-8-11(6-2,7-3)10(13)12(9)4/h9H,5-8H2,1-4H3. The van der Waals surface area contributed by atoms with E-state index in [-0.39, 0.29) is 5.41 Å². The van der Waals surface area contributed by atoms with Gasteiger partial charge in [-0.05, 0) is 25.7 Å². The van der Waals surface area contributed by atoms with Crippen LogP contribution in [0.15, 0.2) is 0 Å². The van der Waals surface area contributed by atoms with Crippen molar-refractivity contribution in [3.63, 3.8) is 0 Å². The first-order valence-electron chi connectivity index (χ1n) is 5.38. The van der Waals surface area contributed by atoms with Gasteiger partial charge >= 0.3 is 0 Å². The van der Waals surface area contributed by atoms with Crippen molar-refractivity contribution < 1.29 is 4.79 Å². The Morgan fingerprint density at radius 2 is 1.92 bits per heavy atom. The van der Waals surface area contributed by atoms with E-state index in [0.717, 1.165) is 25.7 Å². The maximum atomic E-state index is 12.0. The fourth-order valence-electron chi connectivity index (χ4n) is 2.47. The molecule has 1 unspecified atom stereocenters. The van der Waals surface area contributed by atoms with E-state index in [1.54, 1.807) is 0 Å². The van der Waals surface area contributed by atoms with Crippen molar-refractivity contribution >= 4 is 5.91 Å². The zero-order valence-electron chi connectivity index (χ0n) is 9.26. The summed E-state index contributed by atoms with van der Waals surface area (Å²) >= 11 is 0. The van der Waals surface area contributed by atoms with Crippen LogP contribution in [0.5, 0.6) is 0 Å². The molecule has 2 heteroatoms. The van der Waals surface area contributed by atoms with Gasteiger partial charge in [0.2, 0.25) is 5.91 Å². The highest BCUT2D eigenvalue weighted by Crippen LogP contribution is 2.41. The van der Waals surface area contributed by atoms with E-state index in [0.29, 0.717) is 11.9 Å². The first kappa shape index (κ1) is 10.6. The molecule has 1 aliphatic heterocycles. The van der Waals surface area contributed by atoms with Gasteiger partial charge in [0.1, 0.15) is 0 Å². The first-order valence-corrected chi connectivity index (χ1v) is 5.38. The molecule has 76 valence electrons. The highest BCUT2D eigenvalue weighted by Gasteiger charge is 2.46. The molecule has 0 spiro atoms. The minimum Gasteiger partial charge on any atom is -0.342 e. The lowest BCUT2D eigenvalue weighted by atomic mass is 9.79. The molecule has 0 aromatic rings. The molecule has 1 saturated heterocycles. The molecule has 0 bridgehead atoms. The Balaban J connectivity index is 2.86. The van der Waals surface area contributed by atoms with Crippen molar-refractivity contribution in [1.29, 1.82) is 0 Å². The lowest BCUT2D eigenvalue weighted by Gasteiger charge is -2.23. The highest BCUT2D eigenvalue weighted by atomic mass is 16.2. The van der Waals surface area contributed by atoms with Crippen LogP contribution in [0.1, 0.15) is 46.5 Å². The summed E-state index contributed by atoms with van der Waals surface area (Å²) in [7, 11) is 1.95. The Morgan fingerprint density at radius 1 is 1.38 bits per heavy atom. The van der Waals surface area contributed by atoms with Gasteiger partial charge in [-0.2, -0.15) is 0 Å². The molecule has 0 aromatic heterocycles. The molecule has 0 N–H and O–H groups in total. The van der Waals surface area contributed by atoms with Gasteiger partial charge < -0.3 is 4.90 Å². The van der Waals surface area contributed by atoms with Crippen molar-refractivity contribution in [2.75, 3.05) is 7.05 Å². The molecule has 1 amide bonds. The van der Waals surface area contributed by atoms with E-state index in [1.165, 1.54) is 0 Å². The number of rotatable bonds is 3. The topological polar surface area (TPSA) is 20.3 Å². The van der Waals surface area contributed by atoms with Crippen molar-refractivity contribution in [2.24, 2.45) is 5.41 Å². The molecular weight excluding hydrogens is 162 g/mol. The van der Waals surface area contributed by atoms with Gasteiger partial charge in [-0.1, -0.05) is 20.8 Å². The Kier molecular flexibility index (Phi) is 2.99. The zero-order chi connectivity index (χ0) is 10.1. The molecule has 1 atom stereocenters. The van der Waals surface area contributed by atoms with Gasteiger partial charge in [-0.3, -0.25) is 4.79 Å². The largest absolute Gasteiger partial charge is 0.342 e. The maximum absolute atomic E-state index is 12.0. The van der Waals surface area contributed by atoms with Crippen LogP contribution in [0.3, 0.4) is 0 Å². The normalized spacial score (nSPS) is 26.9. The van der Waals surface area contributed by atoms with Crippen LogP contribution < -0.4 is 0 Å². The monoisotopic (exact) mass is 183 g/mol. The van der Waals surface area contributed by atoms with Gasteiger partial charge in [-0.25, -0.2) is 0 Å². The van der Waals surface area contributed by atoms with E-state index in [2.05, 4.69) is 20.8 Å². The summed E-state index contributed by atoms with van der Waals surface area (Å²) in [5.74, 6) is 0.365. The van der Waals surface area contributed by atoms with Crippen LogP contribution in [0.2, 0.25) is 0 Å². The molecule has 1 aliphatic rings. The summed E-state index contributed by atoms with van der Waals surface area (Å²) in [5, 5.41) is 0. The zero-order valence-corrected chi connectivity index (χ0v) is 9.26. The average molecular weight is 183 g/mol. The molecular formula is C11H21NO. The molecule has 0 aromatic carbocycles. The van der Waals surface area contributed by atoms with Gasteiger partial charge in [0.25, 0.3) is 0 Å². The van der Waals surface area contributed by atoms with Gasteiger partial charge in [0.05, 0.1) is 5.41 Å². The SMILES string of the molecule is CCC1CC(CC)(CC)C(=O)N1C. The number of nitrogens with zero attached hydrogens (tertiary/aromatic N) is 1. The number of hydrogen-bond acceptors (Lipinski definition) is 1. The second kappa shape index (κ2) is 3.69. The Hall–Kier alpha value is -0.530. The van der Waals surface area contributed by atoms with E-state index >= 15 is 0 Å². The van der Waals surface area contributed by atoms with E-state index in [4.69, 9.17) is 0 Å². The van der Waals surface area contributed by atoms with Crippen LogP contribution >= 0.6 is 0 Å². The number of likely N-dealkylation sites (tertiary alicyclic amines) is 1. The van der Waals surface area contributed by atoms with Gasteiger partial charge in [0.15, 0.2) is 0 Å². The van der Waals surface area contributed by atoms with Crippen LogP contribution in [-0.2, 0) is 4.79 Å². The summed E-state index contributed by atoms with van der Waals surface area (Å²) in [6, 6.07) is 0.479. The number of carbonyl (C=O) groups excluding carboxylic acids is 1. The van der Waals surface area contributed by atoms with Gasteiger partial charge in [-0.15, -0.1) is 0 Å². The number of carbonyl (C=O) groups is 1. The summed E-state index contributed by atoms with van der Waals surface area (Å²) in [4.78, 5) is 13.9.